The third kappa shape index (κ3) is 2.71. The molecule has 2 atom stereocenters. The number of carboxylic acids is 1. The highest BCUT2D eigenvalue weighted by Crippen LogP contribution is 2.37. The summed E-state index contributed by atoms with van der Waals surface area (Å²) in [5.74, 6) is -1.81. The standard InChI is InChI=1S/C14H18O5S/c1-10-4-2-3-5-11(10)8-14(13(16)17)6-7-20(18,19)9-12(14)15/h2-5,12,15H,6-9H2,1H3,(H,16,17). The average Bonchev–Trinajstić information content (AvgIpc) is 2.34. The van der Waals surface area contributed by atoms with Gasteiger partial charge in [0, 0.05) is 0 Å². The second-order valence-electron chi connectivity index (χ2n) is 5.44. The molecule has 1 heterocycles. The Morgan fingerprint density at radius 2 is 2.05 bits per heavy atom. The van der Waals surface area contributed by atoms with Gasteiger partial charge in [-0.1, -0.05) is 24.3 Å². The maximum atomic E-state index is 11.7. The summed E-state index contributed by atoms with van der Waals surface area (Å²) in [4.78, 5) is 11.7. The quantitative estimate of drug-likeness (QED) is 0.860. The Kier molecular flexibility index (Phi) is 3.88. The zero-order valence-electron chi connectivity index (χ0n) is 11.2. The van der Waals surface area contributed by atoms with Crippen molar-refractivity contribution < 1.29 is 23.4 Å². The first kappa shape index (κ1) is 15.0. The summed E-state index contributed by atoms with van der Waals surface area (Å²) in [6.45, 7) is 1.87. The van der Waals surface area contributed by atoms with E-state index in [0.717, 1.165) is 11.1 Å². The fourth-order valence-electron chi connectivity index (χ4n) is 2.67. The van der Waals surface area contributed by atoms with Crippen molar-refractivity contribution in [3.63, 3.8) is 0 Å². The van der Waals surface area contributed by atoms with Crippen molar-refractivity contribution in [1.82, 2.24) is 0 Å². The van der Waals surface area contributed by atoms with Crippen LogP contribution in [-0.2, 0) is 21.1 Å². The van der Waals surface area contributed by atoms with Gasteiger partial charge in [0.05, 0.1) is 23.0 Å². The van der Waals surface area contributed by atoms with E-state index in [-0.39, 0.29) is 18.6 Å². The third-order valence-electron chi connectivity index (χ3n) is 4.10. The molecule has 0 bridgehead atoms. The summed E-state index contributed by atoms with van der Waals surface area (Å²) in [6.07, 6.45) is -1.29. The van der Waals surface area contributed by atoms with Gasteiger partial charge < -0.3 is 10.2 Å². The lowest BCUT2D eigenvalue weighted by Crippen LogP contribution is -2.52. The number of aliphatic hydroxyl groups is 1. The van der Waals surface area contributed by atoms with Gasteiger partial charge in [0.2, 0.25) is 0 Å². The molecular formula is C14H18O5S. The van der Waals surface area contributed by atoms with E-state index in [1.54, 1.807) is 0 Å². The lowest BCUT2D eigenvalue weighted by Gasteiger charge is -2.37. The van der Waals surface area contributed by atoms with Crippen LogP contribution in [0.4, 0.5) is 0 Å². The zero-order valence-corrected chi connectivity index (χ0v) is 12.1. The van der Waals surface area contributed by atoms with Crippen LogP contribution >= 0.6 is 0 Å². The van der Waals surface area contributed by atoms with Crippen LogP contribution in [0, 0.1) is 12.3 Å². The van der Waals surface area contributed by atoms with E-state index in [9.17, 15) is 23.4 Å². The minimum Gasteiger partial charge on any atom is -0.481 e. The molecule has 1 aromatic carbocycles. The molecule has 2 unspecified atom stereocenters. The molecule has 110 valence electrons. The molecule has 0 radical (unpaired) electrons. The van der Waals surface area contributed by atoms with E-state index in [4.69, 9.17) is 0 Å². The van der Waals surface area contributed by atoms with Gasteiger partial charge in [0.15, 0.2) is 9.84 Å². The Morgan fingerprint density at radius 3 is 2.60 bits per heavy atom. The number of hydrogen-bond acceptors (Lipinski definition) is 4. The molecule has 1 fully saturated rings. The molecule has 20 heavy (non-hydrogen) atoms. The van der Waals surface area contributed by atoms with Gasteiger partial charge in [-0.3, -0.25) is 4.79 Å². The monoisotopic (exact) mass is 298 g/mol. The van der Waals surface area contributed by atoms with Crippen molar-refractivity contribution in [2.75, 3.05) is 11.5 Å². The Labute approximate surface area is 118 Å². The minimum absolute atomic E-state index is 0.0554. The van der Waals surface area contributed by atoms with Crippen molar-refractivity contribution >= 4 is 15.8 Å². The summed E-state index contributed by atoms with van der Waals surface area (Å²) in [5.41, 5.74) is 0.347. The van der Waals surface area contributed by atoms with Crippen molar-refractivity contribution in [2.24, 2.45) is 5.41 Å². The van der Waals surface area contributed by atoms with Gasteiger partial charge in [-0.2, -0.15) is 0 Å². The van der Waals surface area contributed by atoms with Crippen LogP contribution in [0.2, 0.25) is 0 Å². The van der Waals surface area contributed by atoms with E-state index >= 15 is 0 Å². The summed E-state index contributed by atoms with van der Waals surface area (Å²) < 4.78 is 23.1. The molecule has 1 aliphatic rings. The smallest absolute Gasteiger partial charge is 0.312 e. The van der Waals surface area contributed by atoms with Gasteiger partial charge in [0.25, 0.3) is 0 Å². The zero-order chi connectivity index (χ0) is 15.0. The lowest BCUT2D eigenvalue weighted by atomic mass is 9.74. The molecule has 6 heteroatoms. The molecule has 0 amide bonds. The second kappa shape index (κ2) is 5.18. The molecule has 0 spiro atoms. The number of aliphatic carboxylic acids is 1. The van der Waals surface area contributed by atoms with Crippen LogP contribution in [-0.4, -0.2) is 42.2 Å². The SMILES string of the molecule is Cc1ccccc1CC1(C(=O)O)CCS(=O)(=O)CC1O. The van der Waals surface area contributed by atoms with E-state index in [1.165, 1.54) is 0 Å². The van der Waals surface area contributed by atoms with Crippen LogP contribution in [0.3, 0.4) is 0 Å². The predicted molar refractivity (Wildman–Crippen MR) is 74.2 cm³/mol. The topological polar surface area (TPSA) is 91.7 Å². The van der Waals surface area contributed by atoms with Crippen molar-refractivity contribution in [2.45, 2.75) is 25.9 Å². The van der Waals surface area contributed by atoms with Gasteiger partial charge in [0.1, 0.15) is 0 Å². The maximum Gasteiger partial charge on any atom is 0.312 e. The van der Waals surface area contributed by atoms with E-state index in [2.05, 4.69) is 0 Å². The Hall–Kier alpha value is -1.40. The van der Waals surface area contributed by atoms with E-state index < -0.39 is 33.1 Å². The number of benzene rings is 1. The summed E-state index contributed by atoms with van der Waals surface area (Å²) in [6, 6.07) is 7.35. The number of aliphatic hydroxyl groups excluding tert-OH is 1. The fraction of sp³-hybridized carbons (Fsp3) is 0.500. The first-order valence-electron chi connectivity index (χ1n) is 6.43. The summed E-state index contributed by atoms with van der Waals surface area (Å²) in [5, 5.41) is 19.6. The Morgan fingerprint density at radius 1 is 1.40 bits per heavy atom. The molecular weight excluding hydrogens is 280 g/mol. The van der Waals surface area contributed by atoms with Gasteiger partial charge in [-0.25, -0.2) is 8.42 Å². The van der Waals surface area contributed by atoms with Crippen molar-refractivity contribution in [3.8, 4) is 0 Å². The normalized spacial score (nSPS) is 29.0. The molecule has 1 saturated heterocycles. The van der Waals surface area contributed by atoms with Gasteiger partial charge >= 0.3 is 5.97 Å². The number of carboxylic acid groups (broad SMARTS) is 1. The van der Waals surface area contributed by atoms with E-state index in [0.29, 0.717) is 0 Å². The van der Waals surface area contributed by atoms with E-state index in [1.807, 2.05) is 31.2 Å². The number of sulfone groups is 1. The molecule has 2 rings (SSSR count). The molecule has 1 aliphatic heterocycles. The first-order valence-corrected chi connectivity index (χ1v) is 8.25. The molecule has 0 aliphatic carbocycles. The fourth-order valence-corrected chi connectivity index (χ4v) is 4.31. The molecule has 5 nitrogen and oxygen atoms in total. The number of hydrogen-bond donors (Lipinski definition) is 2. The van der Waals surface area contributed by atoms with Crippen LogP contribution in [0.5, 0.6) is 0 Å². The first-order chi connectivity index (χ1) is 9.27. The Bertz CT molecular complexity index is 622. The van der Waals surface area contributed by atoms with Crippen LogP contribution in [0.1, 0.15) is 17.5 Å². The minimum atomic E-state index is -3.35. The number of rotatable bonds is 3. The van der Waals surface area contributed by atoms with Crippen LogP contribution < -0.4 is 0 Å². The highest BCUT2D eigenvalue weighted by atomic mass is 32.2. The van der Waals surface area contributed by atoms with Gasteiger partial charge in [-0.15, -0.1) is 0 Å². The van der Waals surface area contributed by atoms with Crippen LogP contribution in [0.15, 0.2) is 24.3 Å². The lowest BCUT2D eigenvalue weighted by molar-refractivity contribution is -0.156. The average molecular weight is 298 g/mol. The summed E-state index contributed by atoms with van der Waals surface area (Å²) >= 11 is 0. The predicted octanol–water partition coefficient (Wildman–Crippen LogP) is 0.788. The molecule has 0 aromatic heterocycles. The second-order valence-corrected chi connectivity index (χ2v) is 7.67. The largest absolute Gasteiger partial charge is 0.481 e. The Balaban J connectivity index is 2.37. The molecule has 1 aromatic rings. The highest BCUT2D eigenvalue weighted by molar-refractivity contribution is 7.91. The van der Waals surface area contributed by atoms with Crippen molar-refractivity contribution in [1.29, 1.82) is 0 Å². The summed E-state index contributed by atoms with van der Waals surface area (Å²) in [7, 11) is -3.35. The number of carbonyl (C=O) groups is 1. The highest BCUT2D eigenvalue weighted by Gasteiger charge is 2.50. The molecule has 0 saturated carbocycles. The maximum absolute atomic E-state index is 11.7. The van der Waals surface area contributed by atoms with Crippen LogP contribution in [0.25, 0.3) is 0 Å². The van der Waals surface area contributed by atoms with Crippen molar-refractivity contribution in [3.05, 3.63) is 35.4 Å². The van der Waals surface area contributed by atoms with Gasteiger partial charge in [-0.05, 0) is 30.9 Å². The third-order valence-corrected chi connectivity index (χ3v) is 5.75. The number of aryl methyl sites for hydroxylation is 1. The molecule has 2 N–H and O–H groups in total.